The molecule has 1 aromatic carbocycles. The smallest absolute Gasteiger partial charge is 0.416 e. The molecule has 0 N–H and O–H groups in total. The van der Waals surface area contributed by atoms with E-state index in [1.165, 1.54) is 31.5 Å². The Morgan fingerprint density at radius 1 is 1.24 bits per heavy atom. The van der Waals surface area contributed by atoms with E-state index in [1.54, 1.807) is 0 Å². The number of nitrogens with zero attached hydrogens (tertiary/aromatic N) is 1. The molecule has 2 aromatic rings. The molecule has 0 fully saturated rings. The van der Waals surface area contributed by atoms with Crippen molar-refractivity contribution in [3.05, 3.63) is 52.8 Å². The Hall–Kier alpha value is -2.08. The second-order valence-corrected chi connectivity index (χ2v) is 4.49. The molecule has 0 aliphatic carbocycles. The Morgan fingerprint density at radius 3 is 2.38 bits per heavy atom. The molecule has 21 heavy (non-hydrogen) atoms. The Bertz CT molecular complexity index is 669. The average molecular weight is 316 g/mol. The monoisotopic (exact) mass is 315 g/mol. The summed E-state index contributed by atoms with van der Waals surface area (Å²) in [6, 6.07) is 5.84. The number of benzene rings is 1. The maximum atomic E-state index is 12.5. The highest BCUT2D eigenvalue weighted by molar-refractivity contribution is 6.32. The summed E-state index contributed by atoms with van der Waals surface area (Å²) >= 11 is 5.92. The predicted molar refractivity (Wildman–Crippen MR) is 71.0 cm³/mol. The number of esters is 1. The molecule has 0 atom stereocenters. The fourth-order valence-corrected chi connectivity index (χ4v) is 1.93. The number of halogens is 4. The minimum atomic E-state index is -4.41. The molecule has 0 spiro atoms. The van der Waals surface area contributed by atoms with Gasteiger partial charge in [0.1, 0.15) is 5.15 Å². The Morgan fingerprint density at radius 2 is 1.86 bits per heavy atom. The summed E-state index contributed by atoms with van der Waals surface area (Å²) in [6.45, 7) is 0. The first-order valence-electron chi connectivity index (χ1n) is 5.74. The van der Waals surface area contributed by atoms with E-state index in [2.05, 4.69) is 9.72 Å². The van der Waals surface area contributed by atoms with Gasteiger partial charge in [0.2, 0.25) is 0 Å². The first-order chi connectivity index (χ1) is 9.82. The largest absolute Gasteiger partial charge is 0.465 e. The Labute approximate surface area is 123 Å². The third-order valence-electron chi connectivity index (χ3n) is 2.78. The van der Waals surface area contributed by atoms with E-state index in [1.807, 2.05) is 0 Å². The second kappa shape index (κ2) is 5.73. The first-order valence-corrected chi connectivity index (χ1v) is 6.12. The number of rotatable bonds is 2. The molecule has 1 aromatic heterocycles. The normalized spacial score (nSPS) is 11.3. The number of ether oxygens (including phenoxy) is 1. The van der Waals surface area contributed by atoms with Crippen molar-refractivity contribution in [1.82, 2.24) is 4.98 Å². The molecule has 0 saturated heterocycles. The zero-order chi connectivity index (χ0) is 15.6. The van der Waals surface area contributed by atoms with Crippen LogP contribution in [0.25, 0.3) is 11.1 Å². The van der Waals surface area contributed by atoms with Crippen LogP contribution in [0.1, 0.15) is 15.9 Å². The standard InChI is InChI=1S/C14H9ClF3NO2/c1-21-13(20)9-6-11(12(15)19-7-9)8-2-4-10(5-3-8)14(16,17)18/h2-7H,1H3. The van der Waals surface area contributed by atoms with Crippen LogP contribution >= 0.6 is 11.6 Å². The number of aromatic nitrogens is 1. The van der Waals surface area contributed by atoms with Crippen LogP contribution in [-0.4, -0.2) is 18.1 Å². The number of hydrogen-bond donors (Lipinski definition) is 0. The molecule has 3 nitrogen and oxygen atoms in total. The SMILES string of the molecule is COC(=O)c1cnc(Cl)c(-c2ccc(C(F)(F)F)cc2)c1. The van der Waals surface area contributed by atoms with Crippen LogP contribution in [0.2, 0.25) is 5.15 Å². The number of pyridine rings is 1. The van der Waals surface area contributed by atoms with Crippen molar-refractivity contribution >= 4 is 17.6 Å². The van der Waals surface area contributed by atoms with Gasteiger partial charge in [-0.15, -0.1) is 0 Å². The Kier molecular flexibility index (Phi) is 4.18. The van der Waals surface area contributed by atoms with Gasteiger partial charge in [-0.3, -0.25) is 0 Å². The van der Waals surface area contributed by atoms with Crippen LogP contribution in [0.4, 0.5) is 13.2 Å². The number of methoxy groups -OCH3 is 1. The first kappa shape index (κ1) is 15.3. The molecule has 2 rings (SSSR count). The third-order valence-corrected chi connectivity index (χ3v) is 3.08. The van der Waals surface area contributed by atoms with Gasteiger partial charge >= 0.3 is 12.1 Å². The number of carbonyl (C=O) groups is 1. The molecule has 0 aliphatic rings. The van der Waals surface area contributed by atoms with Crippen molar-refractivity contribution in [1.29, 1.82) is 0 Å². The predicted octanol–water partition coefficient (Wildman–Crippen LogP) is 4.21. The van der Waals surface area contributed by atoms with E-state index < -0.39 is 17.7 Å². The van der Waals surface area contributed by atoms with Gasteiger partial charge in [0.15, 0.2) is 0 Å². The van der Waals surface area contributed by atoms with E-state index in [0.29, 0.717) is 11.1 Å². The highest BCUT2D eigenvalue weighted by atomic mass is 35.5. The van der Waals surface area contributed by atoms with Gasteiger partial charge in [0.05, 0.1) is 18.2 Å². The van der Waals surface area contributed by atoms with Crippen molar-refractivity contribution in [2.24, 2.45) is 0 Å². The second-order valence-electron chi connectivity index (χ2n) is 4.13. The molecule has 0 saturated carbocycles. The van der Waals surface area contributed by atoms with Crippen LogP contribution in [0, 0.1) is 0 Å². The molecule has 110 valence electrons. The summed E-state index contributed by atoms with van der Waals surface area (Å²) in [5, 5.41) is 0.0856. The number of hydrogen-bond acceptors (Lipinski definition) is 3. The molecule has 0 aliphatic heterocycles. The van der Waals surface area contributed by atoms with Gasteiger partial charge in [-0.2, -0.15) is 13.2 Å². The molecule has 0 unspecified atom stereocenters. The molecule has 7 heteroatoms. The molecule has 0 amide bonds. The summed E-state index contributed by atoms with van der Waals surface area (Å²) in [6.07, 6.45) is -3.17. The molecular formula is C14H9ClF3NO2. The van der Waals surface area contributed by atoms with Crippen molar-refractivity contribution in [2.45, 2.75) is 6.18 Å². The lowest BCUT2D eigenvalue weighted by Crippen LogP contribution is -2.04. The van der Waals surface area contributed by atoms with Gasteiger partial charge in [0.25, 0.3) is 0 Å². The fourth-order valence-electron chi connectivity index (χ4n) is 1.72. The van der Waals surface area contributed by atoms with Crippen molar-refractivity contribution in [2.75, 3.05) is 7.11 Å². The summed E-state index contributed by atoms with van der Waals surface area (Å²) < 4.78 is 42.1. The number of alkyl halides is 3. The quantitative estimate of drug-likeness (QED) is 0.615. The third kappa shape index (κ3) is 3.33. The minimum absolute atomic E-state index is 0.0856. The highest BCUT2D eigenvalue weighted by Crippen LogP contribution is 2.32. The highest BCUT2D eigenvalue weighted by Gasteiger charge is 2.30. The zero-order valence-electron chi connectivity index (χ0n) is 10.7. The van der Waals surface area contributed by atoms with Crippen molar-refractivity contribution in [3.8, 4) is 11.1 Å². The zero-order valence-corrected chi connectivity index (χ0v) is 11.5. The van der Waals surface area contributed by atoms with E-state index in [4.69, 9.17) is 11.6 Å². The van der Waals surface area contributed by atoms with Gasteiger partial charge in [-0.25, -0.2) is 9.78 Å². The summed E-state index contributed by atoms with van der Waals surface area (Å²) in [4.78, 5) is 15.3. The lowest BCUT2D eigenvalue weighted by molar-refractivity contribution is -0.137. The van der Waals surface area contributed by atoms with Crippen LogP contribution < -0.4 is 0 Å². The van der Waals surface area contributed by atoms with Crippen LogP contribution in [0.5, 0.6) is 0 Å². The maximum absolute atomic E-state index is 12.5. The van der Waals surface area contributed by atoms with E-state index in [-0.39, 0.29) is 10.7 Å². The Balaban J connectivity index is 2.44. The molecule has 1 heterocycles. The van der Waals surface area contributed by atoms with Crippen molar-refractivity contribution in [3.63, 3.8) is 0 Å². The van der Waals surface area contributed by atoms with E-state index in [0.717, 1.165) is 12.1 Å². The topological polar surface area (TPSA) is 39.2 Å². The molecular weight excluding hydrogens is 307 g/mol. The van der Waals surface area contributed by atoms with Crippen LogP contribution in [-0.2, 0) is 10.9 Å². The lowest BCUT2D eigenvalue weighted by atomic mass is 10.0. The average Bonchev–Trinajstić information content (AvgIpc) is 2.46. The van der Waals surface area contributed by atoms with E-state index >= 15 is 0 Å². The lowest BCUT2D eigenvalue weighted by Gasteiger charge is -2.09. The van der Waals surface area contributed by atoms with Gasteiger partial charge in [-0.1, -0.05) is 23.7 Å². The fraction of sp³-hybridized carbons (Fsp3) is 0.143. The molecule has 0 bridgehead atoms. The number of carbonyl (C=O) groups excluding carboxylic acids is 1. The minimum Gasteiger partial charge on any atom is -0.465 e. The van der Waals surface area contributed by atoms with Crippen LogP contribution in [0.15, 0.2) is 36.5 Å². The van der Waals surface area contributed by atoms with Gasteiger partial charge in [0, 0.05) is 11.8 Å². The van der Waals surface area contributed by atoms with Crippen LogP contribution in [0.3, 0.4) is 0 Å². The molecule has 0 radical (unpaired) electrons. The van der Waals surface area contributed by atoms with E-state index in [9.17, 15) is 18.0 Å². The summed E-state index contributed by atoms with van der Waals surface area (Å²) in [5.41, 5.74) is 0.177. The van der Waals surface area contributed by atoms with Gasteiger partial charge in [-0.05, 0) is 23.8 Å². The van der Waals surface area contributed by atoms with Crippen molar-refractivity contribution < 1.29 is 22.7 Å². The summed E-state index contributed by atoms with van der Waals surface area (Å²) in [7, 11) is 1.22. The maximum Gasteiger partial charge on any atom is 0.416 e. The van der Waals surface area contributed by atoms with Gasteiger partial charge < -0.3 is 4.74 Å². The summed E-state index contributed by atoms with van der Waals surface area (Å²) in [5.74, 6) is -0.604.